The molecule has 0 saturated carbocycles. The molecule has 0 amide bonds. The second-order valence-corrected chi connectivity index (χ2v) is 6.77. The van der Waals surface area contributed by atoms with E-state index in [0.717, 1.165) is 11.1 Å². The minimum absolute atomic E-state index is 0.180. The Morgan fingerprint density at radius 2 is 2.11 bits per heavy atom. The Kier molecular flexibility index (Phi) is 4.40. The van der Waals surface area contributed by atoms with Crippen LogP contribution in [0.1, 0.15) is 33.4 Å². The van der Waals surface area contributed by atoms with Crippen molar-refractivity contribution < 1.29 is 14.8 Å². The van der Waals surface area contributed by atoms with Gasteiger partial charge in [-0.15, -0.1) is 0 Å². The zero-order valence-corrected chi connectivity index (χ0v) is 15.1. The van der Waals surface area contributed by atoms with Crippen LogP contribution in [0, 0.1) is 10.1 Å². The summed E-state index contributed by atoms with van der Waals surface area (Å²) in [5.41, 5.74) is 2.13. The van der Waals surface area contributed by atoms with Crippen molar-refractivity contribution >= 4 is 17.2 Å². The number of benzene rings is 2. The Bertz CT molecular complexity index is 1080. The topological polar surface area (TPSA) is 110 Å². The van der Waals surface area contributed by atoms with Crippen molar-refractivity contribution in [3.05, 3.63) is 87.5 Å². The van der Waals surface area contributed by atoms with Crippen molar-refractivity contribution in [1.29, 1.82) is 0 Å². The van der Waals surface area contributed by atoms with Crippen LogP contribution in [0.5, 0.6) is 0 Å². The van der Waals surface area contributed by atoms with Gasteiger partial charge in [-0.1, -0.05) is 24.3 Å². The van der Waals surface area contributed by atoms with Gasteiger partial charge < -0.3 is 15.0 Å². The molecule has 2 aromatic carbocycles. The van der Waals surface area contributed by atoms with Crippen LogP contribution in [-0.2, 0) is 13.5 Å². The third-order valence-corrected chi connectivity index (χ3v) is 5.00. The molecule has 1 heterocycles. The van der Waals surface area contributed by atoms with Gasteiger partial charge in [0.15, 0.2) is 5.82 Å². The molecule has 28 heavy (non-hydrogen) atoms. The molecule has 2 atom stereocenters. The number of carbonyl (C=O) groups excluding carboxylic acids is 1. The van der Waals surface area contributed by atoms with Crippen molar-refractivity contribution in [2.45, 2.75) is 18.6 Å². The Labute approximate surface area is 160 Å². The number of aliphatic hydroxyl groups excluding tert-OH is 1. The molecule has 142 valence electrons. The van der Waals surface area contributed by atoms with Crippen LogP contribution in [0.15, 0.2) is 54.9 Å². The largest absolute Gasteiger partial charge is 0.390 e. The number of ketones is 1. The molecule has 0 aliphatic heterocycles. The number of nitro benzene ring substituents is 1. The van der Waals surface area contributed by atoms with Gasteiger partial charge in [-0.25, -0.2) is 4.98 Å². The minimum Gasteiger partial charge on any atom is -0.390 e. The highest BCUT2D eigenvalue weighted by Gasteiger charge is 2.32. The number of anilines is 1. The lowest BCUT2D eigenvalue weighted by Gasteiger charge is -2.19. The van der Waals surface area contributed by atoms with E-state index in [1.807, 2.05) is 24.3 Å². The van der Waals surface area contributed by atoms with E-state index in [-0.39, 0.29) is 22.8 Å². The van der Waals surface area contributed by atoms with E-state index in [1.165, 1.54) is 24.4 Å². The molecule has 4 rings (SSSR count). The lowest BCUT2D eigenvalue weighted by Crippen LogP contribution is -2.21. The average molecular weight is 378 g/mol. The number of carbonyl (C=O) groups is 1. The predicted molar refractivity (Wildman–Crippen MR) is 102 cm³/mol. The smallest absolute Gasteiger partial charge is 0.293 e. The van der Waals surface area contributed by atoms with Gasteiger partial charge in [0, 0.05) is 37.5 Å². The van der Waals surface area contributed by atoms with E-state index < -0.39 is 22.9 Å². The number of fused-ring (bicyclic) bond motifs is 1. The summed E-state index contributed by atoms with van der Waals surface area (Å²) in [5.74, 6) is -0.191. The lowest BCUT2D eigenvalue weighted by atomic mass is 10.1. The van der Waals surface area contributed by atoms with Crippen LogP contribution >= 0.6 is 0 Å². The Morgan fingerprint density at radius 1 is 1.32 bits per heavy atom. The van der Waals surface area contributed by atoms with Gasteiger partial charge >= 0.3 is 0 Å². The summed E-state index contributed by atoms with van der Waals surface area (Å²) < 4.78 is 1.56. The monoisotopic (exact) mass is 378 g/mol. The van der Waals surface area contributed by atoms with Gasteiger partial charge in [0.25, 0.3) is 5.69 Å². The van der Waals surface area contributed by atoms with Gasteiger partial charge in [-0.3, -0.25) is 14.9 Å². The summed E-state index contributed by atoms with van der Waals surface area (Å²) in [5, 5.41) is 25.1. The Hall–Kier alpha value is -3.52. The SMILES string of the molecule is Cn1ccnc1C(=O)c1ccc(N[C@H]2c3ccccc3C[C@H]2O)c([N+](=O)[O-])c1. The highest BCUT2D eigenvalue weighted by atomic mass is 16.6. The number of nitrogens with zero attached hydrogens (tertiary/aromatic N) is 3. The molecule has 1 aliphatic rings. The van der Waals surface area contributed by atoms with Crippen LogP contribution in [0.25, 0.3) is 0 Å². The molecule has 1 aromatic heterocycles. The molecular weight excluding hydrogens is 360 g/mol. The van der Waals surface area contributed by atoms with Crippen LogP contribution in [0.3, 0.4) is 0 Å². The number of imidazole rings is 1. The molecule has 0 bridgehead atoms. The first-order valence-electron chi connectivity index (χ1n) is 8.78. The van der Waals surface area contributed by atoms with Crippen molar-refractivity contribution in [2.24, 2.45) is 7.05 Å². The molecule has 0 radical (unpaired) electrons. The molecule has 2 N–H and O–H groups in total. The number of rotatable bonds is 5. The molecule has 8 nitrogen and oxygen atoms in total. The van der Waals surface area contributed by atoms with Gasteiger partial charge in [-0.05, 0) is 23.3 Å². The number of hydrogen-bond acceptors (Lipinski definition) is 6. The van der Waals surface area contributed by atoms with E-state index in [0.29, 0.717) is 6.42 Å². The number of aromatic nitrogens is 2. The van der Waals surface area contributed by atoms with Crippen molar-refractivity contribution in [1.82, 2.24) is 9.55 Å². The van der Waals surface area contributed by atoms with E-state index in [2.05, 4.69) is 10.3 Å². The van der Waals surface area contributed by atoms with Gasteiger partial charge in [-0.2, -0.15) is 0 Å². The normalized spacial score (nSPS) is 17.9. The number of aliphatic hydroxyl groups is 1. The average Bonchev–Trinajstić information content (AvgIpc) is 3.24. The maximum absolute atomic E-state index is 12.6. The summed E-state index contributed by atoms with van der Waals surface area (Å²) in [7, 11) is 1.68. The third kappa shape index (κ3) is 3.03. The maximum atomic E-state index is 12.6. The van der Waals surface area contributed by atoms with Crippen LogP contribution in [0.2, 0.25) is 0 Å². The molecule has 0 spiro atoms. The van der Waals surface area contributed by atoms with Crippen molar-refractivity contribution in [3.63, 3.8) is 0 Å². The first-order valence-corrected chi connectivity index (χ1v) is 8.78. The van der Waals surface area contributed by atoms with Crippen LogP contribution < -0.4 is 5.32 Å². The fourth-order valence-corrected chi connectivity index (χ4v) is 3.57. The van der Waals surface area contributed by atoms with Crippen molar-refractivity contribution in [3.8, 4) is 0 Å². The predicted octanol–water partition coefficient (Wildman–Crippen LogP) is 2.63. The van der Waals surface area contributed by atoms with E-state index in [4.69, 9.17) is 0 Å². The van der Waals surface area contributed by atoms with Crippen LogP contribution in [-0.4, -0.2) is 31.5 Å². The molecule has 3 aromatic rings. The van der Waals surface area contributed by atoms with E-state index in [9.17, 15) is 20.0 Å². The summed E-state index contributed by atoms with van der Waals surface area (Å²) in [6.45, 7) is 0. The first-order chi connectivity index (χ1) is 13.5. The molecule has 8 heteroatoms. The Morgan fingerprint density at radius 3 is 2.82 bits per heavy atom. The summed E-state index contributed by atoms with van der Waals surface area (Å²) in [6.07, 6.45) is 2.93. The van der Waals surface area contributed by atoms with Gasteiger partial charge in [0.05, 0.1) is 17.1 Å². The number of aryl methyl sites for hydroxylation is 1. The zero-order valence-electron chi connectivity index (χ0n) is 15.1. The Balaban J connectivity index is 1.68. The van der Waals surface area contributed by atoms with Gasteiger partial charge in [0.2, 0.25) is 5.78 Å². The highest BCUT2D eigenvalue weighted by Crippen LogP contribution is 2.37. The fourth-order valence-electron chi connectivity index (χ4n) is 3.57. The van der Waals surface area contributed by atoms with Crippen LogP contribution in [0.4, 0.5) is 11.4 Å². The first kappa shape index (κ1) is 17.9. The minimum atomic E-state index is -0.689. The molecule has 1 aliphatic carbocycles. The van der Waals surface area contributed by atoms with E-state index >= 15 is 0 Å². The highest BCUT2D eigenvalue weighted by molar-refractivity contribution is 6.07. The maximum Gasteiger partial charge on any atom is 0.293 e. The number of nitro groups is 1. The second kappa shape index (κ2) is 6.90. The van der Waals surface area contributed by atoms with Crippen molar-refractivity contribution in [2.75, 3.05) is 5.32 Å². The zero-order chi connectivity index (χ0) is 19.8. The standard InChI is InChI=1S/C20H18N4O4/c1-23-9-8-21-20(23)19(26)13-6-7-15(16(10-13)24(27)28)22-18-14-5-3-2-4-12(14)11-17(18)25/h2-10,17-18,22,25H,11H2,1H3/t17-,18+/m1/s1. The summed E-state index contributed by atoms with van der Waals surface area (Å²) in [4.78, 5) is 27.7. The summed E-state index contributed by atoms with van der Waals surface area (Å²) >= 11 is 0. The quantitative estimate of drug-likeness (QED) is 0.401. The summed E-state index contributed by atoms with van der Waals surface area (Å²) in [6, 6.07) is 11.4. The molecular formula is C20H18N4O4. The van der Waals surface area contributed by atoms with E-state index in [1.54, 1.807) is 17.8 Å². The fraction of sp³-hybridized carbons (Fsp3) is 0.200. The molecule has 0 saturated heterocycles. The second-order valence-electron chi connectivity index (χ2n) is 6.77. The molecule has 0 unspecified atom stereocenters. The number of nitrogens with one attached hydrogen (secondary N) is 1. The third-order valence-electron chi connectivity index (χ3n) is 5.00. The number of hydrogen-bond donors (Lipinski definition) is 2. The molecule has 0 fully saturated rings. The van der Waals surface area contributed by atoms with Gasteiger partial charge in [0.1, 0.15) is 5.69 Å². The lowest BCUT2D eigenvalue weighted by molar-refractivity contribution is -0.384.